The van der Waals surface area contributed by atoms with Crippen LogP contribution in [0.5, 0.6) is 5.88 Å². The normalized spacial score (nSPS) is 13.1. The number of Topliss-reactive ketones (excluding diaryl/α,β-unsaturated/α-hetero) is 1. The highest BCUT2D eigenvalue weighted by molar-refractivity contribution is 6.17. The van der Waals surface area contributed by atoms with Crippen LogP contribution in [0.25, 0.3) is 16.8 Å². The highest BCUT2D eigenvalue weighted by atomic mass is 19.4. The Balaban J connectivity index is 1.56. The van der Waals surface area contributed by atoms with Crippen molar-refractivity contribution in [3.8, 4) is 17.1 Å². The number of hydrogen-bond acceptors (Lipinski definition) is 10. The molecular weight excluding hydrogens is 696 g/mol. The Kier molecular flexibility index (Phi) is 9.29. The van der Waals surface area contributed by atoms with Gasteiger partial charge in [0.2, 0.25) is 5.88 Å². The van der Waals surface area contributed by atoms with Crippen molar-refractivity contribution in [3.63, 3.8) is 0 Å². The lowest BCUT2D eigenvalue weighted by Gasteiger charge is -2.32. The minimum atomic E-state index is -5.44. The molecule has 1 aromatic carbocycles. The SMILES string of the molecule is CCC(OC(=O)c1ccc([N+](=O)[O-])cc1)(c1cn(Cc2ccn3c(-c4ccc(OC)nc4)c(C(N)=O)c(C(=O)C(F)(F)F)c3c2)nn1)C(F)(F)F. The zero-order valence-corrected chi connectivity index (χ0v) is 26.2. The Labute approximate surface area is 281 Å². The molecule has 0 fully saturated rings. The number of aromatic nitrogens is 5. The number of halogens is 6. The molecule has 0 bridgehead atoms. The van der Waals surface area contributed by atoms with Crippen LogP contribution in [0.3, 0.4) is 0 Å². The molecule has 1 amide bonds. The van der Waals surface area contributed by atoms with Crippen molar-refractivity contribution in [1.82, 2.24) is 24.4 Å². The number of fused-ring (bicyclic) bond motifs is 1. The second-order valence-electron chi connectivity index (χ2n) is 10.8. The van der Waals surface area contributed by atoms with E-state index >= 15 is 0 Å². The fraction of sp³-hybridized carbons (Fsp3) is 0.226. The van der Waals surface area contributed by atoms with E-state index in [1.165, 1.54) is 37.7 Å². The number of benzene rings is 1. The van der Waals surface area contributed by atoms with Crippen LogP contribution in [0.1, 0.15) is 55.7 Å². The van der Waals surface area contributed by atoms with E-state index in [-0.39, 0.29) is 22.7 Å². The maximum atomic E-state index is 14.6. The zero-order chi connectivity index (χ0) is 37.5. The van der Waals surface area contributed by atoms with E-state index < -0.39 is 87.1 Å². The Morgan fingerprint density at radius 1 is 1.00 bits per heavy atom. The number of rotatable bonds is 11. The van der Waals surface area contributed by atoms with E-state index in [9.17, 15) is 50.8 Å². The van der Waals surface area contributed by atoms with Crippen molar-refractivity contribution >= 4 is 28.9 Å². The number of alkyl halides is 6. The van der Waals surface area contributed by atoms with Gasteiger partial charge in [0.05, 0.1) is 52.7 Å². The van der Waals surface area contributed by atoms with Crippen LogP contribution in [0.15, 0.2) is 67.1 Å². The number of non-ortho nitro benzene ring substituents is 1. The van der Waals surface area contributed by atoms with Gasteiger partial charge in [-0.1, -0.05) is 12.1 Å². The first-order valence-electron chi connectivity index (χ1n) is 14.5. The lowest BCUT2D eigenvalue weighted by atomic mass is 9.95. The predicted molar refractivity (Wildman–Crippen MR) is 162 cm³/mol. The number of carbonyl (C=O) groups is 3. The minimum Gasteiger partial charge on any atom is -0.481 e. The van der Waals surface area contributed by atoms with Crippen LogP contribution in [-0.4, -0.2) is 66.4 Å². The predicted octanol–water partition coefficient (Wildman–Crippen LogP) is 5.43. The topological polar surface area (TPSA) is 187 Å². The second-order valence-corrected chi connectivity index (χ2v) is 10.8. The molecule has 0 spiro atoms. The van der Waals surface area contributed by atoms with Crippen molar-refractivity contribution in [2.45, 2.75) is 37.8 Å². The van der Waals surface area contributed by atoms with Crippen molar-refractivity contribution in [3.05, 3.63) is 105 Å². The summed E-state index contributed by atoms with van der Waals surface area (Å²) in [4.78, 5) is 52.3. The number of methoxy groups -OCH3 is 1. The quantitative estimate of drug-likeness (QED) is 0.0607. The van der Waals surface area contributed by atoms with Crippen molar-refractivity contribution in [2.24, 2.45) is 5.73 Å². The molecule has 5 rings (SSSR count). The number of ether oxygens (including phenoxy) is 2. The van der Waals surface area contributed by atoms with Crippen LogP contribution >= 0.6 is 0 Å². The molecule has 4 aromatic heterocycles. The minimum absolute atomic E-state index is 0.0973. The fourth-order valence-electron chi connectivity index (χ4n) is 5.33. The molecule has 0 saturated carbocycles. The summed E-state index contributed by atoms with van der Waals surface area (Å²) in [5, 5.41) is 18.2. The molecular formula is C31H23F6N7O7. The van der Waals surface area contributed by atoms with Gasteiger partial charge in [-0.2, -0.15) is 26.3 Å². The molecule has 2 N–H and O–H groups in total. The van der Waals surface area contributed by atoms with Gasteiger partial charge in [-0.15, -0.1) is 5.10 Å². The highest BCUT2D eigenvalue weighted by Crippen LogP contribution is 2.45. The molecule has 1 atom stereocenters. The molecule has 5 aromatic rings. The second kappa shape index (κ2) is 13.2. The summed E-state index contributed by atoms with van der Waals surface area (Å²) >= 11 is 0. The molecule has 51 heavy (non-hydrogen) atoms. The number of nitro groups is 1. The first-order valence-corrected chi connectivity index (χ1v) is 14.5. The van der Waals surface area contributed by atoms with Crippen LogP contribution in [0, 0.1) is 10.1 Å². The molecule has 0 aliphatic heterocycles. The lowest BCUT2D eigenvalue weighted by molar-refractivity contribution is -0.384. The average molecular weight is 720 g/mol. The van der Waals surface area contributed by atoms with Gasteiger partial charge in [0.15, 0.2) is 0 Å². The van der Waals surface area contributed by atoms with E-state index in [1.807, 2.05) is 0 Å². The summed E-state index contributed by atoms with van der Waals surface area (Å²) in [6.45, 7) is 0.648. The first kappa shape index (κ1) is 36.0. The van der Waals surface area contributed by atoms with E-state index in [0.717, 1.165) is 52.5 Å². The fourth-order valence-corrected chi connectivity index (χ4v) is 5.33. The Bertz CT molecular complexity index is 2160. The largest absolute Gasteiger partial charge is 0.481 e. The number of carbonyl (C=O) groups excluding carboxylic acids is 3. The van der Waals surface area contributed by atoms with E-state index in [4.69, 9.17) is 15.2 Å². The van der Waals surface area contributed by atoms with E-state index in [2.05, 4.69) is 15.3 Å². The van der Waals surface area contributed by atoms with Gasteiger partial charge in [0, 0.05) is 36.2 Å². The number of nitro benzene ring substituents is 1. The molecule has 0 saturated heterocycles. The third-order valence-corrected chi connectivity index (χ3v) is 7.79. The van der Waals surface area contributed by atoms with Crippen molar-refractivity contribution < 1.29 is 55.1 Å². The number of esters is 1. The van der Waals surface area contributed by atoms with Crippen molar-refractivity contribution in [1.29, 1.82) is 0 Å². The maximum absolute atomic E-state index is 14.6. The van der Waals surface area contributed by atoms with Gasteiger partial charge in [-0.05, 0) is 42.3 Å². The van der Waals surface area contributed by atoms with Gasteiger partial charge < -0.3 is 19.6 Å². The molecule has 20 heteroatoms. The first-order chi connectivity index (χ1) is 23.9. The van der Waals surface area contributed by atoms with E-state index in [1.54, 1.807) is 0 Å². The standard InChI is InChI=1S/C31H23F6N7O7/c1-3-29(31(35,36)37,51-28(47)17-4-7-19(8-5-17)44(48)49)21-15-42(41-40-21)14-16-10-11-43-20(12-16)23(26(45)30(32,33)34)24(27(38)46)25(43)18-6-9-22(50-2)39-13-18/h4-13,15H,3,14H2,1-2H3,(H2,38,46). The number of ketones is 1. The number of hydrogen-bond donors (Lipinski definition) is 1. The van der Waals surface area contributed by atoms with Gasteiger partial charge in [-0.25, -0.2) is 14.5 Å². The molecule has 0 aliphatic carbocycles. The summed E-state index contributed by atoms with van der Waals surface area (Å²) in [5.74, 6) is -5.06. The molecule has 1 unspecified atom stereocenters. The smallest absolute Gasteiger partial charge is 0.454 e. The average Bonchev–Trinajstić information content (AvgIpc) is 3.68. The highest BCUT2D eigenvalue weighted by Gasteiger charge is 2.60. The van der Waals surface area contributed by atoms with Gasteiger partial charge in [-0.3, -0.25) is 19.7 Å². The van der Waals surface area contributed by atoms with Gasteiger partial charge >= 0.3 is 18.3 Å². The Hall–Kier alpha value is -6.34. The van der Waals surface area contributed by atoms with Crippen LogP contribution in [0.2, 0.25) is 0 Å². The summed E-state index contributed by atoms with van der Waals surface area (Å²) in [5.41, 5.74) is -1.74. The Morgan fingerprint density at radius 2 is 1.69 bits per heavy atom. The monoisotopic (exact) mass is 719 g/mol. The number of nitrogens with zero attached hydrogens (tertiary/aromatic N) is 6. The van der Waals surface area contributed by atoms with Gasteiger partial charge in [0.1, 0.15) is 5.69 Å². The zero-order valence-electron chi connectivity index (χ0n) is 26.2. The van der Waals surface area contributed by atoms with Crippen LogP contribution < -0.4 is 10.5 Å². The van der Waals surface area contributed by atoms with Crippen molar-refractivity contribution in [2.75, 3.05) is 7.11 Å². The number of nitrogens with two attached hydrogens (primary N) is 1. The van der Waals surface area contributed by atoms with Gasteiger partial charge in [0.25, 0.3) is 23.0 Å². The van der Waals surface area contributed by atoms with E-state index in [0.29, 0.717) is 0 Å². The lowest BCUT2D eigenvalue weighted by Crippen LogP contribution is -2.46. The van der Waals surface area contributed by atoms with Crippen LogP contribution in [-0.2, 0) is 16.9 Å². The maximum Gasteiger partial charge on any atom is 0.454 e. The summed E-state index contributed by atoms with van der Waals surface area (Å²) in [6.07, 6.45) is -8.33. The third kappa shape index (κ3) is 6.66. The molecule has 4 heterocycles. The molecule has 0 radical (unpaired) electrons. The number of primary amides is 1. The molecule has 266 valence electrons. The molecule has 0 aliphatic rings. The summed E-state index contributed by atoms with van der Waals surface area (Å²) < 4.78 is 97.3. The number of pyridine rings is 2. The summed E-state index contributed by atoms with van der Waals surface area (Å²) in [6, 6.07) is 8.84. The summed E-state index contributed by atoms with van der Waals surface area (Å²) in [7, 11) is 1.32. The van der Waals surface area contributed by atoms with Crippen LogP contribution in [0.4, 0.5) is 32.0 Å². The Morgan fingerprint density at radius 3 is 2.22 bits per heavy atom. The third-order valence-electron chi connectivity index (χ3n) is 7.79. The number of amides is 1. The molecule has 14 nitrogen and oxygen atoms in total.